The summed E-state index contributed by atoms with van der Waals surface area (Å²) in [6, 6.07) is -0.537. The molecule has 0 heterocycles. The molecular formula is C6H13NO3. The van der Waals surface area contributed by atoms with Gasteiger partial charge in [-0.15, -0.1) is 0 Å². The Labute approximate surface area is 60.4 Å². The van der Waals surface area contributed by atoms with Crippen LogP contribution in [0, 0.1) is 0 Å². The Morgan fingerprint density at radius 1 is 1.70 bits per heavy atom. The average molecular weight is 147 g/mol. The van der Waals surface area contributed by atoms with Crippen molar-refractivity contribution in [3.63, 3.8) is 0 Å². The van der Waals surface area contributed by atoms with Crippen LogP contribution in [0.2, 0.25) is 0 Å². The first kappa shape index (κ1) is 9.39. The van der Waals surface area contributed by atoms with Crippen molar-refractivity contribution in [1.82, 2.24) is 4.90 Å². The molecule has 0 spiro atoms. The largest absolute Gasteiger partial charge is 0.480 e. The summed E-state index contributed by atoms with van der Waals surface area (Å²) >= 11 is 0. The Bertz CT molecular complexity index is 114. The standard InChI is InChI=1S/C6H13NO3/c1-7(2)5(4-10-3)6(8)9/h5H,4H2,1-3H3,(H,8,9)/t5-/m1/s1. The molecule has 4 heteroatoms. The van der Waals surface area contributed by atoms with E-state index < -0.39 is 12.0 Å². The van der Waals surface area contributed by atoms with E-state index in [2.05, 4.69) is 0 Å². The van der Waals surface area contributed by atoms with E-state index in [1.165, 1.54) is 7.11 Å². The molecule has 0 fully saturated rings. The number of nitrogens with zero attached hydrogens (tertiary/aromatic N) is 1. The number of carbonyl (C=O) groups is 1. The number of carboxylic acids is 1. The number of methoxy groups -OCH3 is 1. The Morgan fingerprint density at radius 2 is 2.20 bits per heavy atom. The van der Waals surface area contributed by atoms with E-state index in [0.717, 1.165) is 0 Å². The highest BCUT2D eigenvalue weighted by atomic mass is 16.5. The van der Waals surface area contributed by atoms with Crippen molar-refractivity contribution in [3.05, 3.63) is 0 Å². The van der Waals surface area contributed by atoms with Crippen LogP contribution in [0.1, 0.15) is 0 Å². The van der Waals surface area contributed by atoms with E-state index in [4.69, 9.17) is 9.84 Å². The average Bonchev–Trinajstić information content (AvgIpc) is 1.81. The molecule has 4 nitrogen and oxygen atoms in total. The van der Waals surface area contributed by atoms with Crippen LogP contribution in [0.25, 0.3) is 0 Å². The molecule has 0 amide bonds. The van der Waals surface area contributed by atoms with E-state index in [1.807, 2.05) is 0 Å². The van der Waals surface area contributed by atoms with Gasteiger partial charge in [0.15, 0.2) is 0 Å². The second-order valence-electron chi connectivity index (χ2n) is 2.27. The maximum atomic E-state index is 10.4. The summed E-state index contributed by atoms with van der Waals surface area (Å²) in [5.74, 6) is -0.855. The third-order valence-electron chi connectivity index (χ3n) is 1.23. The van der Waals surface area contributed by atoms with Crippen molar-refractivity contribution in [3.8, 4) is 0 Å². The van der Waals surface area contributed by atoms with Crippen molar-refractivity contribution in [2.24, 2.45) is 0 Å². The summed E-state index contributed by atoms with van der Waals surface area (Å²) in [6.45, 7) is 0.225. The molecule has 0 bridgehead atoms. The van der Waals surface area contributed by atoms with Crippen LogP contribution in [0.5, 0.6) is 0 Å². The Morgan fingerprint density at radius 3 is 2.30 bits per heavy atom. The molecular weight excluding hydrogens is 134 g/mol. The van der Waals surface area contributed by atoms with E-state index in [-0.39, 0.29) is 6.61 Å². The lowest BCUT2D eigenvalue weighted by atomic mass is 10.3. The van der Waals surface area contributed by atoms with E-state index in [9.17, 15) is 4.79 Å². The maximum Gasteiger partial charge on any atom is 0.323 e. The Balaban J connectivity index is 3.85. The minimum atomic E-state index is -0.855. The second kappa shape index (κ2) is 4.24. The van der Waals surface area contributed by atoms with Crippen molar-refractivity contribution in [2.75, 3.05) is 27.8 Å². The molecule has 0 saturated carbocycles. The highest BCUT2D eigenvalue weighted by molar-refractivity contribution is 5.73. The first-order valence-corrected chi connectivity index (χ1v) is 2.97. The minimum absolute atomic E-state index is 0.225. The van der Waals surface area contributed by atoms with Gasteiger partial charge < -0.3 is 9.84 Å². The molecule has 0 unspecified atom stereocenters. The first-order valence-electron chi connectivity index (χ1n) is 2.97. The van der Waals surface area contributed by atoms with Gasteiger partial charge in [0.25, 0.3) is 0 Å². The second-order valence-corrected chi connectivity index (χ2v) is 2.27. The topological polar surface area (TPSA) is 49.8 Å². The Kier molecular flexibility index (Phi) is 3.99. The smallest absolute Gasteiger partial charge is 0.323 e. The van der Waals surface area contributed by atoms with Crippen LogP contribution in [0.4, 0.5) is 0 Å². The molecule has 1 atom stereocenters. The summed E-state index contributed by atoms with van der Waals surface area (Å²) in [4.78, 5) is 12.0. The van der Waals surface area contributed by atoms with Gasteiger partial charge in [-0.05, 0) is 14.1 Å². The van der Waals surface area contributed by atoms with Crippen LogP contribution >= 0.6 is 0 Å². The van der Waals surface area contributed by atoms with E-state index in [0.29, 0.717) is 0 Å². The molecule has 1 N–H and O–H groups in total. The molecule has 0 radical (unpaired) electrons. The monoisotopic (exact) mass is 147 g/mol. The predicted molar refractivity (Wildman–Crippen MR) is 37.0 cm³/mol. The SMILES string of the molecule is COC[C@H](C(=O)O)N(C)C. The van der Waals surface area contributed by atoms with Crippen LogP contribution in [0.15, 0.2) is 0 Å². The number of ether oxygens (including phenoxy) is 1. The van der Waals surface area contributed by atoms with E-state index >= 15 is 0 Å². The zero-order valence-electron chi connectivity index (χ0n) is 6.50. The zero-order chi connectivity index (χ0) is 8.15. The molecule has 0 aromatic rings. The van der Waals surface area contributed by atoms with Gasteiger partial charge in [0.1, 0.15) is 6.04 Å². The van der Waals surface area contributed by atoms with Crippen LogP contribution < -0.4 is 0 Å². The molecule has 0 aromatic heterocycles. The minimum Gasteiger partial charge on any atom is -0.480 e. The highest BCUT2D eigenvalue weighted by Gasteiger charge is 2.18. The van der Waals surface area contributed by atoms with Crippen molar-refractivity contribution >= 4 is 5.97 Å². The Hall–Kier alpha value is -0.610. The highest BCUT2D eigenvalue weighted by Crippen LogP contribution is 1.92. The summed E-state index contributed by atoms with van der Waals surface area (Å²) in [5, 5.41) is 8.55. The molecule has 60 valence electrons. The molecule has 0 saturated heterocycles. The number of likely N-dealkylation sites (N-methyl/N-ethyl adjacent to an activating group) is 1. The van der Waals surface area contributed by atoms with Crippen molar-refractivity contribution in [2.45, 2.75) is 6.04 Å². The third-order valence-corrected chi connectivity index (χ3v) is 1.23. The number of carboxylic acid groups (broad SMARTS) is 1. The fourth-order valence-electron chi connectivity index (χ4n) is 0.599. The normalized spacial score (nSPS) is 13.6. The summed E-state index contributed by atoms with van der Waals surface area (Å²) in [5.41, 5.74) is 0. The fourth-order valence-corrected chi connectivity index (χ4v) is 0.599. The molecule has 0 aromatic carbocycles. The quantitative estimate of drug-likeness (QED) is 0.590. The molecule has 0 aliphatic rings. The summed E-state index contributed by atoms with van der Waals surface area (Å²) < 4.78 is 4.70. The summed E-state index contributed by atoms with van der Waals surface area (Å²) in [6.07, 6.45) is 0. The van der Waals surface area contributed by atoms with Crippen LogP contribution in [0.3, 0.4) is 0 Å². The van der Waals surface area contributed by atoms with Gasteiger partial charge in [-0.3, -0.25) is 9.69 Å². The number of hydrogen-bond donors (Lipinski definition) is 1. The molecule has 10 heavy (non-hydrogen) atoms. The number of hydrogen-bond acceptors (Lipinski definition) is 3. The van der Waals surface area contributed by atoms with Gasteiger partial charge in [-0.25, -0.2) is 0 Å². The van der Waals surface area contributed by atoms with E-state index in [1.54, 1.807) is 19.0 Å². The van der Waals surface area contributed by atoms with Gasteiger partial charge in [-0.1, -0.05) is 0 Å². The lowest BCUT2D eigenvalue weighted by Crippen LogP contribution is -2.39. The van der Waals surface area contributed by atoms with Gasteiger partial charge in [0.2, 0.25) is 0 Å². The van der Waals surface area contributed by atoms with Gasteiger partial charge in [-0.2, -0.15) is 0 Å². The summed E-state index contributed by atoms with van der Waals surface area (Å²) in [7, 11) is 4.90. The zero-order valence-corrected chi connectivity index (χ0v) is 6.50. The van der Waals surface area contributed by atoms with Gasteiger partial charge >= 0.3 is 5.97 Å². The lowest BCUT2D eigenvalue weighted by Gasteiger charge is -2.18. The fraction of sp³-hybridized carbons (Fsp3) is 0.833. The molecule has 0 rings (SSSR count). The number of rotatable bonds is 4. The van der Waals surface area contributed by atoms with Crippen molar-refractivity contribution in [1.29, 1.82) is 0 Å². The first-order chi connectivity index (χ1) is 4.59. The number of aliphatic carboxylic acids is 1. The van der Waals surface area contributed by atoms with Gasteiger partial charge in [0.05, 0.1) is 6.61 Å². The molecule has 0 aliphatic carbocycles. The van der Waals surface area contributed by atoms with Crippen LogP contribution in [-0.2, 0) is 9.53 Å². The van der Waals surface area contributed by atoms with Crippen molar-refractivity contribution < 1.29 is 14.6 Å². The predicted octanol–water partition coefficient (Wildman–Crippen LogP) is -0.352. The van der Waals surface area contributed by atoms with Gasteiger partial charge in [0, 0.05) is 7.11 Å². The van der Waals surface area contributed by atoms with Crippen LogP contribution in [-0.4, -0.2) is 49.8 Å². The molecule has 0 aliphatic heterocycles. The lowest BCUT2D eigenvalue weighted by molar-refractivity contribution is -0.144. The maximum absolute atomic E-state index is 10.4. The third kappa shape index (κ3) is 2.80.